The Kier molecular flexibility index (Phi) is 6.16. The van der Waals surface area contributed by atoms with Gasteiger partial charge in [-0.2, -0.15) is 0 Å². The van der Waals surface area contributed by atoms with Gasteiger partial charge in [-0.25, -0.2) is 0 Å². The molecule has 0 saturated carbocycles. The third-order valence-corrected chi connectivity index (χ3v) is 3.26. The number of rotatable bonds is 7. The maximum Gasteiger partial charge on any atom is 0.0816 e. The molecule has 0 bridgehead atoms. The predicted molar refractivity (Wildman–Crippen MR) is 78.4 cm³/mol. The third-order valence-electron chi connectivity index (χ3n) is 2.97. The monoisotopic (exact) mass is 250 g/mol. The van der Waals surface area contributed by atoms with E-state index in [2.05, 4.69) is 30.9 Å². The van der Waals surface area contributed by atoms with Crippen LogP contribution in [-0.4, -0.2) is 29.5 Å². The molecule has 94 valence electrons. The first-order valence-corrected chi connectivity index (χ1v) is 6.66. The smallest absolute Gasteiger partial charge is 0.0816 e. The van der Waals surface area contributed by atoms with E-state index >= 15 is 0 Å². The minimum absolute atomic E-state index is 0.165. The van der Waals surface area contributed by atoms with Crippen LogP contribution in [0.25, 0.3) is 0 Å². The molecule has 0 aliphatic rings. The number of nitrogens with two attached hydrogens (primary N) is 1. The van der Waals surface area contributed by atoms with Crippen molar-refractivity contribution in [3.63, 3.8) is 0 Å². The van der Waals surface area contributed by atoms with Gasteiger partial charge in [-0.3, -0.25) is 0 Å². The number of nitrogens with zero attached hydrogens (tertiary/aromatic N) is 1. The van der Waals surface area contributed by atoms with Crippen LogP contribution in [0.5, 0.6) is 0 Å². The van der Waals surface area contributed by atoms with E-state index in [-0.39, 0.29) is 5.92 Å². The van der Waals surface area contributed by atoms with Crippen molar-refractivity contribution in [3.05, 3.63) is 35.9 Å². The zero-order valence-corrected chi connectivity index (χ0v) is 11.5. The molecule has 0 aromatic heterocycles. The largest absolute Gasteiger partial charge is 0.393 e. The standard InChI is InChI=1S/C14H22N2S/c1-3-10-16(4-2)11-13(14(15)17)12-8-6-5-7-9-12/h5-9,13H,3-4,10-11H2,1-2H3,(H2,15,17). The summed E-state index contributed by atoms with van der Waals surface area (Å²) in [6, 6.07) is 10.3. The lowest BCUT2D eigenvalue weighted by molar-refractivity contribution is 0.286. The molecule has 0 saturated heterocycles. The highest BCUT2D eigenvalue weighted by molar-refractivity contribution is 7.80. The Morgan fingerprint density at radius 2 is 1.94 bits per heavy atom. The fraction of sp³-hybridized carbons (Fsp3) is 0.500. The molecule has 0 amide bonds. The van der Waals surface area contributed by atoms with Crippen LogP contribution in [-0.2, 0) is 0 Å². The molecular weight excluding hydrogens is 228 g/mol. The third kappa shape index (κ3) is 4.44. The molecule has 1 unspecified atom stereocenters. The van der Waals surface area contributed by atoms with Crippen molar-refractivity contribution in [2.45, 2.75) is 26.2 Å². The van der Waals surface area contributed by atoms with Gasteiger partial charge in [-0.1, -0.05) is 56.4 Å². The molecule has 0 spiro atoms. The van der Waals surface area contributed by atoms with E-state index in [9.17, 15) is 0 Å². The average molecular weight is 250 g/mol. The van der Waals surface area contributed by atoms with Gasteiger partial charge >= 0.3 is 0 Å². The van der Waals surface area contributed by atoms with E-state index in [1.165, 1.54) is 5.56 Å². The van der Waals surface area contributed by atoms with E-state index in [1.807, 2.05) is 18.2 Å². The Bertz CT molecular complexity index is 337. The van der Waals surface area contributed by atoms with E-state index in [1.54, 1.807) is 0 Å². The number of likely N-dealkylation sites (N-methyl/N-ethyl adjacent to an activating group) is 1. The van der Waals surface area contributed by atoms with Crippen molar-refractivity contribution >= 4 is 17.2 Å². The highest BCUT2D eigenvalue weighted by Gasteiger charge is 2.17. The zero-order valence-electron chi connectivity index (χ0n) is 10.7. The van der Waals surface area contributed by atoms with Crippen LogP contribution in [0.3, 0.4) is 0 Å². The molecule has 1 aromatic rings. The lowest BCUT2D eigenvalue weighted by Crippen LogP contribution is -2.34. The average Bonchev–Trinajstić information content (AvgIpc) is 2.35. The summed E-state index contributed by atoms with van der Waals surface area (Å²) >= 11 is 5.20. The van der Waals surface area contributed by atoms with Crippen LogP contribution in [0.4, 0.5) is 0 Å². The highest BCUT2D eigenvalue weighted by atomic mass is 32.1. The predicted octanol–water partition coefficient (Wildman–Crippen LogP) is 2.79. The molecular formula is C14H22N2S. The molecule has 17 heavy (non-hydrogen) atoms. The van der Waals surface area contributed by atoms with Gasteiger partial charge in [0.1, 0.15) is 0 Å². The van der Waals surface area contributed by atoms with Crippen molar-refractivity contribution in [2.75, 3.05) is 19.6 Å². The molecule has 1 atom stereocenters. The van der Waals surface area contributed by atoms with Crippen molar-refractivity contribution < 1.29 is 0 Å². The van der Waals surface area contributed by atoms with Gasteiger partial charge in [0.05, 0.1) is 4.99 Å². The van der Waals surface area contributed by atoms with E-state index in [0.29, 0.717) is 4.99 Å². The molecule has 0 aliphatic heterocycles. The maximum atomic E-state index is 5.87. The van der Waals surface area contributed by atoms with Crippen LogP contribution >= 0.6 is 12.2 Å². The maximum absolute atomic E-state index is 5.87. The van der Waals surface area contributed by atoms with E-state index < -0.39 is 0 Å². The van der Waals surface area contributed by atoms with Crippen molar-refractivity contribution in [1.29, 1.82) is 0 Å². The van der Waals surface area contributed by atoms with E-state index in [0.717, 1.165) is 26.1 Å². The first kappa shape index (κ1) is 14.1. The molecule has 2 N–H and O–H groups in total. The number of hydrogen-bond acceptors (Lipinski definition) is 2. The van der Waals surface area contributed by atoms with Gasteiger partial charge in [0.25, 0.3) is 0 Å². The normalized spacial score (nSPS) is 12.6. The summed E-state index contributed by atoms with van der Waals surface area (Å²) in [7, 11) is 0. The fourth-order valence-corrected chi connectivity index (χ4v) is 2.21. The molecule has 1 rings (SSSR count). The van der Waals surface area contributed by atoms with Crippen molar-refractivity contribution in [1.82, 2.24) is 4.90 Å². The second-order valence-corrected chi connectivity index (χ2v) is 4.73. The highest BCUT2D eigenvalue weighted by Crippen LogP contribution is 2.17. The van der Waals surface area contributed by atoms with Gasteiger partial charge in [0, 0.05) is 12.5 Å². The lowest BCUT2D eigenvalue weighted by Gasteiger charge is -2.25. The molecule has 0 radical (unpaired) electrons. The molecule has 1 aromatic carbocycles. The zero-order chi connectivity index (χ0) is 12.7. The minimum Gasteiger partial charge on any atom is -0.393 e. The van der Waals surface area contributed by atoms with Gasteiger partial charge in [0.2, 0.25) is 0 Å². The summed E-state index contributed by atoms with van der Waals surface area (Å²) < 4.78 is 0. The summed E-state index contributed by atoms with van der Waals surface area (Å²) in [4.78, 5) is 2.99. The number of benzene rings is 1. The molecule has 2 nitrogen and oxygen atoms in total. The summed E-state index contributed by atoms with van der Waals surface area (Å²) in [5.41, 5.74) is 7.09. The summed E-state index contributed by atoms with van der Waals surface area (Å²) in [6.07, 6.45) is 1.16. The Hall–Kier alpha value is -0.930. The topological polar surface area (TPSA) is 29.3 Å². The molecule has 0 fully saturated rings. The van der Waals surface area contributed by atoms with Crippen LogP contribution < -0.4 is 5.73 Å². The Morgan fingerprint density at radius 1 is 1.29 bits per heavy atom. The van der Waals surface area contributed by atoms with Gasteiger partial charge in [-0.15, -0.1) is 0 Å². The summed E-state index contributed by atoms with van der Waals surface area (Å²) in [6.45, 7) is 7.43. The minimum atomic E-state index is 0.165. The fourth-order valence-electron chi connectivity index (χ4n) is 2.00. The number of thiocarbonyl (C=S) groups is 1. The Labute approximate surface area is 110 Å². The molecule has 0 aliphatic carbocycles. The van der Waals surface area contributed by atoms with Gasteiger partial charge in [0.15, 0.2) is 0 Å². The van der Waals surface area contributed by atoms with Crippen molar-refractivity contribution in [3.8, 4) is 0 Å². The Morgan fingerprint density at radius 3 is 2.41 bits per heavy atom. The van der Waals surface area contributed by atoms with Crippen LogP contribution in [0, 0.1) is 0 Å². The summed E-state index contributed by atoms with van der Waals surface area (Å²) in [5.74, 6) is 0.165. The second-order valence-electron chi connectivity index (χ2n) is 4.26. The van der Waals surface area contributed by atoms with Crippen LogP contribution in [0.2, 0.25) is 0 Å². The van der Waals surface area contributed by atoms with Crippen LogP contribution in [0.15, 0.2) is 30.3 Å². The quantitative estimate of drug-likeness (QED) is 0.755. The van der Waals surface area contributed by atoms with E-state index in [4.69, 9.17) is 18.0 Å². The van der Waals surface area contributed by atoms with Crippen molar-refractivity contribution in [2.24, 2.45) is 5.73 Å². The van der Waals surface area contributed by atoms with Gasteiger partial charge < -0.3 is 10.6 Å². The SMILES string of the molecule is CCCN(CC)CC(C(N)=S)c1ccccc1. The lowest BCUT2D eigenvalue weighted by atomic mass is 9.98. The second kappa shape index (κ2) is 7.41. The van der Waals surface area contributed by atoms with Crippen LogP contribution in [0.1, 0.15) is 31.7 Å². The molecule has 0 heterocycles. The Balaban J connectivity index is 2.77. The first-order chi connectivity index (χ1) is 8.19. The number of hydrogen-bond donors (Lipinski definition) is 1. The summed E-state index contributed by atoms with van der Waals surface area (Å²) in [5, 5.41) is 0. The first-order valence-electron chi connectivity index (χ1n) is 6.25. The molecule has 3 heteroatoms. The van der Waals surface area contributed by atoms with Gasteiger partial charge in [-0.05, 0) is 25.1 Å².